The Morgan fingerprint density at radius 2 is 1.85 bits per heavy atom. The predicted octanol–water partition coefficient (Wildman–Crippen LogP) is 2.79. The largest absolute Gasteiger partial charge is 0.310 e. The Kier molecular flexibility index (Phi) is 5.40. The third-order valence-electron chi connectivity index (χ3n) is 4.52. The second kappa shape index (κ2) is 7.48. The van der Waals surface area contributed by atoms with Crippen LogP contribution in [0.5, 0.6) is 0 Å². The Bertz CT molecular complexity index is 389. The molecule has 2 fully saturated rings. The summed E-state index contributed by atoms with van der Waals surface area (Å²) in [5.41, 5.74) is 1.47. The summed E-state index contributed by atoms with van der Waals surface area (Å²) in [6.45, 7) is 3.73. The first-order valence-corrected chi connectivity index (χ1v) is 9.16. The first-order chi connectivity index (χ1) is 9.90. The quantitative estimate of drug-likeness (QED) is 0.898. The van der Waals surface area contributed by atoms with Gasteiger partial charge in [-0.25, -0.2) is 0 Å². The van der Waals surface area contributed by atoms with E-state index in [2.05, 4.69) is 52.3 Å². The first kappa shape index (κ1) is 14.4. The van der Waals surface area contributed by atoms with Gasteiger partial charge >= 0.3 is 0 Å². The summed E-state index contributed by atoms with van der Waals surface area (Å²) in [5.74, 6) is 2.70. The Morgan fingerprint density at radius 1 is 1.05 bits per heavy atom. The molecule has 3 heteroatoms. The molecule has 0 amide bonds. The summed E-state index contributed by atoms with van der Waals surface area (Å²) < 4.78 is 0. The molecule has 3 rings (SSSR count). The maximum Gasteiger partial charge on any atom is 0.0209 e. The summed E-state index contributed by atoms with van der Waals surface area (Å²) in [5, 5.41) is 3.89. The van der Waals surface area contributed by atoms with Gasteiger partial charge in [-0.05, 0) is 49.3 Å². The van der Waals surface area contributed by atoms with Crippen molar-refractivity contribution < 1.29 is 0 Å². The highest BCUT2D eigenvalue weighted by Crippen LogP contribution is 2.19. The van der Waals surface area contributed by atoms with Crippen LogP contribution in [0.25, 0.3) is 0 Å². The molecule has 2 nitrogen and oxygen atoms in total. The third-order valence-corrected chi connectivity index (χ3v) is 5.57. The van der Waals surface area contributed by atoms with E-state index < -0.39 is 0 Å². The topological polar surface area (TPSA) is 15.3 Å². The fourth-order valence-corrected chi connectivity index (χ4v) is 4.41. The summed E-state index contributed by atoms with van der Waals surface area (Å²) in [7, 11) is 0. The average molecular weight is 290 g/mol. The fourth-order valence-electron chi connectivity index (χ4n) is 3.30. The van der Waals surface area contributed by atoms with Gasteiger partial charge in [0, 0.05) is 25.2 Å². The highest BCUT2D eigenvalue weighted by Gasteiger charge is 2.25. The lowest BCUT2D eigenvalue weighted by Crippen LogP contribution is -2.42. The number of nitrogens with zero attached hydrogens (tertiary/aromatic N) is 1. The van der Waals surface area contributed by atoms with E-state index in [-0.39, 0.29) is 0 Å². The number of likely N-dealkylation sites (tertiary alicyclic amines) is 1. The normalized spacial score (nSPS) is 25.1. The maximum absolute atomic E-state index is 3.89. The van der Waals surface area contributed by atoms with Crippen LogP contribution < -0.4 is 5.32 Å². The van der Waals surface area contributed by atoms with Crippen LogP contribution in [0.4, 0.5) is 0 Å². The Hall–Kier alpha value is -0.510. The molecule has 0 bridgehead atoms. The highest BCUT2D eigenvalue weighted by molar-refractivity contribution is 7.99. The zero-order chi connectivity index (χ0) is 13.6. The second-order valence-corrected chi connectivity index (χ2v) is 7.30. The summed E-state index contributed by atoms with van der Waals surface area (Å²) in [6.07, 6.45) is 5.25. The predicted molar refractivity (Wildman–Crippen MR) is 88.5 cm³/mol. The molecule has 2 aliphatic heterocycles. The average Bonchev–Trinajstić information content (AvgIpc) is 2.95. The van der Waals surface area contributed by atoms with E-state index in [4.69, 9.17) is 0 Å². The van der Waals surface area contributed by atoms with Crippen LogP contribution in [0.15, 0.2) is 30.3 Å². The number of hydrogen-bond donors (Lipinski definition) is 1. The van der Waals surface area contributed by atoms with Gasteiger partial charge in [-0.1, -0.05) is 30.3 Å². The molecular formula is C17H26N2S. The van der Waals surface area contributed by atoms with Gasteiger partial charge in [0.2, 0.25) is 0 Å². The van der Waals surface area contributed by atoms with E-state index in [0.717, 1.165) is 12.1 Å². The van der Waals surface area contributed by atoms with Crippen LogP contribution in [0, 0.1) is 0 Å². The Labute approximate surface area is 127 Å². The van der Waals surface area contributed by atoms with Crippen LogP contribution >= 0.6 is 11.8 Å². The minimum Gasteiger partial charge on any atom is -0.310 e. The van der Waals surface area contributed by atoms with Gasteiger partial charge in [0.1, 0.15) is 0 Å². The van der Waals surface area contributed by atoms with Crippen molar-refractivity contribution >= 4 is 11.8 Å². The lowest BCUT2D eigenvalue weighted by molar-refractivity contribution is 0.322. The van der Waals surface area contributed by atoms with Gasteiger partial charge < -0.3 is 10.2 Å². The van der Waals surface area contributed by atoms with Gasteiger partial charge in [-0.15, -0.1) is 0 Å². The van der Waals surface area contributed by atoms with Gasteiger partial charge in [0.25, 0.3) is 0 Å². The van der Waals surface area contributed by atoms with Crippen LogP contribution in [-0.4, -0.2) is 48.1 Å². The van der Waals surface area contributed by atoms with Crippen molar-refractivity contribution in [3.05, 3.63) is 35.9 Å². The summed E-state index contributed by atoms with van der Waals surface area (Å²) >= 11 is 2.11. The Balaban J connectivity index is 1.38. The summed E-state index contributed by atoms with van der Waals surface area (Å²) in [6, 6.07) is 12.4. The Morgan fingerprint density at radius 3 is 2.65 bits per heavy atom. The molecule has 110 valence electrons. The van der Waals surface area contributed by atoms with Crippen LogP contribution in [0.1, 0.15) is 24.8 Å². The minimum absolute atomic E-state index is 0.735. The van der Waals surface area contributed by atoms with Crippen molar-refractivity contribution in [2.45, 2.75) is 37.8 Å². The standard InChI is InChI=1S/C17H26N2S/c1-2-4-15(5-3-1)6-10-19-11-7-17(14-19)18-16-8-12-20-13-9-16/h1-5,16-18H,6-14H2. The molecule has 20 heavy (non-hydrogen) atoms. The zero-order valence-corrected chi connectivity index (χ0v) is 13.1. The molecule has 0 aromatic heterocycles. The molecule has 1 aromatic carbocycles. The van der Waals surface area contributed by atoms with Crippen molar-refractivity contribution in [2.75, 3.05) is 31.1 Å². The molecule has 1 unspecified atom stereocenters. The number of thioether (sulfide) groups is 1. The molecule has 2 heterocycles. The number of benzene rings is 1. The molecule has 0 saturated carbocycles. The van der Waals surface area contributed by atoms with Crippen LogP contribution in [-0.2, 0) is 6.42 Å². The molecule has 0 spiro atoms. The van der Waals surface area contributed by atoms with Crippen molar-refractivity contribution in [1.29, 1.82) is 0 Å². The van der Waals surface area contributed by atoms with E-state index in [1.54, 1.807) is 0 Å². The third kappa shape index (κ3) is 4.24. The maximum atomic E-state index is 3.89. The van der Waals surface area contributed by atoms with Gasteiger partial charge in [-0.3, -0.25) is 0 Å². The number of nitrogens with one attached hydrogen (secondary N) is 1. The zero-order valence-electron chi connectivity index (χ0n) is 12.3. The van der Waals surface area contributed by atoms with E-state index in [1.165, 1.54) is 62.4 Å². The second-order valence-electron chi connectivity index (χ2n) is 6.08. The van der Waals surface area contributed by atoms with Gasteiger partial charge in [0.05, 0.1) is 0 Å². The molecule has 0 radical (unpaired) electrons. The SMILES string of the molecule is c1ccc(CCN2CCC(NC3CCSCC3)C2)cc1. The van der Waals surface area contributed by atoms with E-state index in [0.29, 0.717) is 0 Å². The molecule has 1 aromatic rings. The number of rotatable bonds is 5. The van der Waals surface area contributed by atoms with Crippen LogP contribution in [0.2, 0.25) is 0 Å². The monoisotopic (exact) mass is 290 g/mol. The smallest absolute Gasteiger partial charge is 0.0209 e. The van der Waals surface area contributed by atoms with Crippen molar-refractivity contribution in [3.63, 3.8) is 0 Å². The summed E-state index contributed by atoms with van der Waals surface area (Å²) in [4.78, 5) is 2.63. The van der Waals surface area contributed by atoms with E-state index in [1.807, 2.05) is 0 Å². The van der Waals surface area contributed by atoms with Gasteiger partial charge in [0.15, 0.2) is 0 Å². The first-order valence-electron chi connectivity index (χ1n) is 8.00. The lowest BCUT2D eigenvalue weighted by atomic mass is 10.1. The van der Waals surface area contributed by atoms with E-state index in [9.17, 15) is 0 Å². The molecule has 2 saturated heterocycles. The fraction of sp³-hybridized carbons (Fsp3) is 0.647. The minimum atomic E-state index is 0.735. The van der Waals surface area contributed by atoms with Crippen molar-refractivity contribution in [3.8, 4) is 0 Å². The number of hydrogen-bond acceptors (Lipinski definition) is 3. The molecular weight excluding hydrogens is 264 g/mol. The molecule has 1 N–H and O–H groups in total. The van der Waals surface area contributed by atoms with Crippen molar-refractivity contribution in [2.24, 2.45) is 0 Å². The van der Waals surface area contributed by atoms with Gasteiger partial charge in [-0.2, -0.15) is 11.8 Å². The molecule has 2 aliphatic rings. The lowest BCUT2D eigenvalue weighted by Gasteiger charge is -2.26. The van der Waals surface area contributed by atoms with E-state index >= 15 is 0 Å². The molecule has 0 aliphatic carbocycles. The highest BCUT2D eigenvalue weighted by atomic mass is 32.2. The molecule has 1 atom stereocenters. The van der Waals surface area contributed by atoms with Crippen molar-refractivity contribution in [1.82, 2.24) is 10.2 Å². The van der Waals surface area contributed by atoms with Crippen LogP contribution in [0.3, 0.4) is 0 Å².